The van der Waals surface area contributed by atoms with Gasteiger partial charge in [0.05, 0.1) is 10.6 Å². The maximum Gasteiger partial charge on any atom is 0.261 e. The maximum atomic E-state index is 12.4. The molecule has 122 valence electrons. The number of carbonyl (C=O) groups is 1. The topological polar surface area (TPSA) is 54.9 Å². The number of pyridine rings is 2. The highest BCUT2D eigenvalue weighted by molar-refractivity contribution is 7.20. The minimum absolute atomic E-state index is 0.0523. The minimum Gasteiger partial charge on any atom is -0.347 e. The maximum absolute atomic E-state index is 12.4. The van der Waals surface area contributed by atoms with Crippen LogP contribution < -0.4 is 5.32 Å². The van der Waals surface area contributed by atoms with Crippen LogP contribution in [0.25, 0.3) is 21.3 Å². The number of aromatic nitrogens is 2. The van der Waals surface area contributed by atoms with Crippen molar-refractivity contribution in [2.24, 2.45) is 0 Å². The van der Waals surface area contributed by atoms with E-state index >= 15 is 0 Å². The molecule has 0 aliphatic carbocycles. The van der Waals surface area contributed by atoms with Gasteiger partial charge < -0.3 is 5.32 Å². The van der Waals surface area contributed by atoms with E-state index in [9.17, 15) is 4.79 Å². The van der Waals surface area contributed by atoms with Gasteiger partial charge in [-0.25, -0.2) is 0 Å². The fraction of sp³-hybridized carbons (Fsp3) is 0.0500. The minimum atomic E-state index is -0.0523. The molecule has 4 rings (SSSR count). The summed E-state index contributed by atoms with van der Waals surface area (Å²) in [6.07, 6.45) is 5.25. The number of nitrogens with zero attached hydrogens (tertiary/aromatic N) is 2. The Labute approximate surface area is 149 Å². The molecule has 0 atom stereocenters. The average Bonchev–Trinajstić information content (AvgIpc) is 3.11. The second kappa shape index (κ2) is 6.83. The van der Waals surface area contributed by atoms with E-state index in [1.807, 2.05) is 54.6 Å². The average molecular weight is 345 g/mol. The third kappa shape index (κ3) is 3.41. The molecule has 3 aromatic heterocycles. The molecule has 3 heterocycles. The molecule has 0 aliphatic heterocycles. The number of hydrogen-bond acceptors (Lipinski definition) is 4. The highest BCUT2D eigenvalue weighted by Crippen LogP contribution is 2.25. The summed E-state index contributed by atoms with van der Waals surface area (Å²) < 4.78 is 1.12. The van der Waals surface area contributed by atoms with Crippen LogP contribution >= 0.6 is 11.3 Å². The van der Waals surface area contributed by atoms with E-state index in [1.165, 1.54) is 11.3 Å². The molecule has 0 saturated heterocycles. The van der Waals surface area contributed by atoms with Crippen molar-refractivity contribution < 1.29 is 4.79 Å². The molecule has 1 N–H and O–H groups in total. The summed E-state index contributed by atoms with van der Waals surface area (Å²) in [5.74, 6) is -0.0523. The molecule has 0 spiro atoms. The van der Waals surface area contributed by atoms with Crippen LogP contribution in [0.15, 0.2) is 73.2 Å². The molecule has 25 heavy (non-hydrogen) atoms. The van der Waals surface area contributed by atoms with E-state index in [0.29, 0.717) is 6.54 Å². The van der Waals surface area contributed by atoms with Gasteiger partial charge in [0.1, 0.15) is 0 Å². The summed E-state index contributed by atoms with van der Waals surface area (Å²) >= 11 is 1.51. The van der Waals surface area contributed by atoms with Crippen molar-refractivity contribution in [1.29, 1.82) is 0 Å². The van der Waals surface area contributed by atoms with E-state index in [4.69, 9.17) is 0 Å². The standard InChI is InChI=1S/C20H15N3OS/c24-20(19-12-16-3-1-2-4-18(16)25-19)23-13-14-5-10-22-17(11-14)15-6-8-21-9-7-15/h1-12H,13H2,(H,23,24). The number of thiophene rings is 1. The smallest absolute Gasteiger partial charge is 0.261 e. The van der Waals surface area contributed by atoms with Gasteiger partial charge in [0.15, 0.2) is 0 Å². The third-order valence-corrected chi connectivity index (χ3v) is 5.02. The Morgan fingerprint density at radius 1 is 1.00 bits per heavy atom. The highest BCUT2D eigenvalue weighted by atomic mass is 32.1. The summed E-state index contributed by atoms with van der Waals surface area (Å²) in [5, 5.41) is 4.08. The van der Waals surface area contributed by atoms with Crippen LogP contribution in [0.2, 0.25) is 0 Å². The Kier molecular flexibility index (Phi) is 4.23. The van der Waals surface area contributed by atoms with Crippen molar-refractivity contribution in [3.05, 3.63) is 83.6 Å². The van der Waals surface area contributed by atoms with Gasteiger partial charge >= 0.3 is 0 Å². The second-order valence-electron chi connectivity index (χ2n) is 5.62. The van der Waals surface area contributed by atoms with Crippen molar-refractivity contribution >= 4 is 27.3 Å². The Morgan fingerprint density at radius 3 is 2.68 bits per heavy atom. The third-order valence-electron chi connectivity index (χ3n) is 3.90. The first-order chi connectivity index (χ1) is 12.3. The van der Waals surface area contributed by atoms with E-state index < -0.39 is 0 Å². The van der Waals surface area contributed by atoms with Crippen LogP contribution in [0.1, 0.15) is 15.2 Å². The number of carbonyl (C=O) groups excluding carboxylic acids is 1. The second-order valence-corrected chi connectivity index (χ2v) is 6.70. The molecular formula is C20H15N3OS. The molecule has 1 amide bonds. The summed E-state index contributed by atoms with van der Waals surface area (Å²) in [6, 6.07) is 17.7. The molecule has 0 aliphatic rings. The number of nitrogens with one attached hydrogen (secondary N) is 1. The van der Waals surface area contributed by atoms with Gasteiger partial charge in [0.25, 0.3) is 5.91 Å². The number of rotatable bonds is 4. The van der Waals surface area contributed by atoms with Crippen molar-refractivity contribution in [3.63, 3.8) is 0 Å². The van der Waals surface area contributed by atoms with E-state index in [1.54, 1.807) is 18.6 Å². The predicted octanol–water partition coefficient (Wildman–Crippen LogP) is 4.29. The molecule has 5 heteroatoms. The zero-order chi connectivity index (χ0) is 17.1. The van der Waals surface area contributed by atoms with Gasteiger partial charge in [0, 0.05) is 35.4 Å². The van der Waals surface area contributed by atoms with Crippen molar-refractivity contribution in [2.75, 3.05) is 0 Å². The highest BCUT2D eigenvalue weighted by Gasteiger charge is 2.10. The fourth-order valence-corrected chi connectivity index (χ4v) is 3.61. The van der Waals surface area contributed by atoms with Gasteiger partial charge in [-0.05, 0) is 47.3 Å². The van der Waals surface area contributed by atoms with Gasteiger partial charge in [-0.1, -0.05) is 18.2 Å². The zero-order valence-electron chi connectivity index (χ0n) is 13.3. The lowest BCUT2D eigenvalue weighted by Gasteiger charge is -2.06. The lowest BCUT2D eigenvalue weighted by molar-refractivity contribution is 0.0955. The van der Waals surface area contributed by atoms with Gasteiger partial charge in [0.2, 0.25) is 0 Å². The molecule has 0 fully saturated rings. The Morgan fingerprint density at radius 2 is 1.84 bits per heavy atom. The van der Waals surface area contributed by atoms with Crippen LogP contribution in [0, 0.1) is 0 Å². The Bertz CT molecular complexity index is 994. The first-order valence-corrected chi connectivity index (χ1v) is 8.73. The van der Waals surface area contributed by atoms with Gasteiger partial charge in [-0.2, -0.15) is 0 Å². The lowest BCUT2D eigenvalue weighted by atomic mass is 10.1. The van der Waals surface area contributed by atoms with Crippen molar-refractivity contribution in [2.45, 2.75) is 6.54 Å². The van der Waals surface area contributed by atoms with Crippen molar-refractivity contribution in [3.8, 4) is 11.3 Å². The van der Waals surface area contributed by atoms with E-state index in [-0.39, 0.29) is 5.91 Å². The van der Waals surface area contributed by atoms with E-state index in [2.05, 4.69) is 15.3 Å². The molecule has 0 radical (unpaired) electrons. The summed E-state index contributed by atoms with van der Waals surface area (Å²) in [4.78, 5) is 21.6. The van der Waals surface area contributed by atoms with Crippen LogP contribution in [0.5, 0.6) is 0 Å². The zero-order valence-corrected chi connectivity index (χ0v) is 14.2. The largest absolute Gasteiger partial charge is 0.347 e. The SMILES string of the molecule is O=C(NCc1ccnc(-c2ccncc2)c1)c1cc2ccccc2s1. The van der Waals surface area contributed by atoms with Crippen LogP contribution in [-0.2, 0) is 6.54 Å². The molecule has 0 unspecified atom stereocenters. The summed E-state index contributed by atoms with van der Waals surface area (Å²) in [5.41, 5.74) is 2.89. The van der Waals surface area contributed by atoms with E-state index in [0.717, 1.165) is 31.8 Å². The number of benzene rings is 1. The molecule has 0 bridgehead atoms. The Hall–Kier alpha value is -3.05. The first-order valence-electron chi connectivity index (χ1n) is 7.92. The first kappa shape index (κ1) is 15.5. The molecule has 0 saturated carbocycles. The van der Waals surface area contributed by atoms with Gasteiger partial charge in [-0.3, -0.25) is 14.8 Å². The molecule has 4 aromatic rings. The van der Waals surface area contributed by atoms with Crippen molar-refractivity contribution in [1.82, 2.24) is 15.3 Å². The molecular weight excluding hydrogens is 330 g/mol. The van der Waals surface area contributed by atoms with Crippen LogP contribution in [-0.4, -0.2) is 15.9 Å². The Balaban J connectivity index is 1.48. The normalized spacial score (nSPS) is 10.7. The molecule has 4 nitrogen and oxygen atoms in total. The fourth-order valence-electron chi connectivity index (χ4n) is 2.63. The predicted molar refractivity (Wildman–Crippen MR) is 100 cm³/mol. The van der Waals surface area contributed by atoms with Crippen LogP contribution in [0.4, 0.5) is 0 Å². The number of amides is 1. The monoisotopic (exact) mass is 345 g/mol. The lowest BCUT2D eigenvalue weighted by Crippen LogP contribution is -2.21. The summed E-state index contributed by atoms with van der Waals surface area (Å²) in [6.45, 7) is 0.466. The number of fused-ring (bicyclic) bond motifs is 1. The quantitative estimate of drug-likeness (QED) is 0.600. The molecule has 1 aromatic carbocycles. The van der Waals surface area contributed by atoms with Gasteiger partial charge in [-0.15, -0.1) is 11.3 Å². The van der Waals surface area contributed by atoms with Crippen LogP contribution in [0.3, 0.4) is 0 Å². The summed E-state index contributed by atoms with van der Waals surface area (Å²) in [7, 11) is 0. The number of hydrogen-bond donors (Lipinski definition) is 1.